The molecule has 30 heavy (non-hydrogen) atoms. The number of amides is 1. The normalized spacial score (nSPS) is 14.7. The van der Waals surface area contributed by atoms with Crippen molar-refractivity contribution < 1.29 is 9.18 Å². The summed E-state index contributed by atoms with van der Waals surface area (Å²) in [6.07, 6.45) is 4.50. The molecule has 6 nitrogen and oxygen atoms in total. The second-order valence-electron chi connectivity index (χ2n) is 7.62. The summed E-state index contributed by atoms with van der Waals surface area (Å²) in [4.78, 5) is 12.3. The Morgan fingerprint density at radius 1 is 1.07 bits per heavy atom. The minimum atomic E-state index is -0.244. The fraction of sp³-hybridized carbons (Fsp3) is 0.318. The number of halogens is 1. The van der Waals surface area contributed by atoms with Crippen molar-refractivity contribution in [1.82, 2.24) is 24.5 Å². The topological polar surface area (TPSA) is 64.2 Å². The van der Waals surface area contributed by atoms with Crippen molar-refractivity contribution in [2.45, 2.75) is 43.4 Å². The van der Waals surface area contributed by atoms with Gasteiger partial charge in [-0.1, -0.05) is 54.9 Å². The van der Waals surface area contributed by atoms with E-state index in [2.05, 4.69) is 15.5 Å². The Labute approximate surface area is 177 Å². The molecule has 0 spiro atoms. The maximum Gasteiger partial charge on any atom is 0.237 e. The lowest BCUT2D eigenvalue weighted by molar-refractivity contribution is -0.119. The van der Waals surface area contributed by atoms with Gasteiger partial charge in [0.2, 0.25) is 11.7 Å². The highest BCUT2D eigenvalue weighted by molar-refractivity contribution is 7.99. The van der Waals surface area contributed by atoms with Gasteiger partial charge in [0, 0.05) is 11.6 Å². The lowest BCUT2D eigenvalue weighted by Crippen LogP contribution is -2.33. The van der Waals surface area contributed by atoms with Crippen molar-refractivity contribution in [1.29, 1.82) is 0 Å². The van der Waals surface area contributed by atoms with Crippen LogP contribution in [0.5, 0.6) is 0 Å². The number of hydrogen-bond donors (Lipinski definition) is 1. The van der Waals surface area contributed by atoms with Gasteiger partial charge >= 0.3 is 0 Å². The van der Waals surface area contributed by atoms with Crippen molar-refractivity contribution in [3.8, 4) is 0 Å². The zero-order valence-electron chi connectivity index (χ0n) is 16.4. The number of aromatic nitrogens is 4. The predicted octanol–water partition coefficient (Wildman–Crippen LogP) is 4.02. The van der Waals surface area contributed by atoms with Crippen LogP contribution in [0.15, 0.2) is 53.7 Å². The lowest BCUT2D eigenvalue weighted by atomic mass is 10.2. The zero-order valence-corrected chi connectivity index (χ0v) is 17.2. The Kier molecular flexibility index (Phi) is 5.16. The summed E-state index contributed by atoms with van der Waals surface area (Å²) in [6.45, 7) is 0.356. The molecule has 1 amide bonds. The second-order valence-corrected chi connectivity index (χ2v) is 8.56. The van der Waals surface area contributed by atoms with E-state index in [4.69, 9.17) is 0 Å². The van der Waals surface area contributed by atoms with Gasteiger partial charge < -0.3 is 9.88 Å². The number of fused-ring (bicyclic) bond motifs is 3. The number of carbonyl (C=O) groups excluding carboxylic acids is 1. The SMILES string of the molecule is O=C(CSc1nnc2n(Cc3ccccc3F)c3ccccc3n12)NC1CCCC1. The van der Waals surface area contributed by atoms with E-state index in [1.54, 1.807) is 12.1 Å². The van der Waals surface area contributed by atoms with Gasteiger partial charge in [0.05, 0.1) is 23.3 Å². The van der Waals surface area contributed by atoms with Crippen molar-refractivity contribution >= 4 is 34.5 Å². The van der Waals surface area contributed by atoms with Crippen LogP contribution in [-0.2, 0) is 11.3 Å². The van der Waals surface area contributed by atoms with E-state index in [-0.39, 0.29) is 11.7 Å². The molecule has 5 rings (SSSR count). The number of benzene rings is 2. The maximum absolute atomic E-state index is 14.3. The van der Waals surface area contributed by atoms with Crippen molar-refractivity contribution in [3.63, 3.8) is 0 Å². The molecule has 4 aromatic rings. The number of hydrogen-bond acceptors (Lipinski definition) is 4. The molecule has 0 unspecified atom stereocenters. The standard InChI is InChI=1S/C22H22FN5OS/c23-17-10-4-1-7-15(17)13-27-18-11-5-6-12-19(18)28-21(27)25-26-22(28)30-14-20(29)24-16-8-2-3-9-16/h1,4-7,10-12,16H,2-3,8-9,13-14H2,(H,24,29). The molecule has 0 atom stereocenters. The Hall–Kier alpha value is -2.87. The van der Waals surface area contributed by atoms with Crippen LogP contribution in [-0.4, -0.2) is 36.9 Å². The number of rotatable bonds is 6. The van der Waals surface area contributed by atoms with Gasteiger partial charge in [-0.2, -0.15) is 0 Å². The first-order valence-electron chi connectivity index (χ1n) is 10.2. The van der Waals surface area contributed by atoms with E-state index in [1.807, 2.05) is 39.3 Å². The maximum atomic E-state index is 14.3. The Morgan fingerprint density at radius 3 is 2.60 bits per heavy atom. The molecule has 8 heteroatoms. The Bertz CT molecular complexity index is 1210. The predicted molar refractivity (Wildman–Crippen MR) is 115 cm³/mol. The highest BCUT2D eigenvalue weighted by atomic mass is 32.2. The molecule has 1 saturated carbocycles. The van der Waals surface area contributed by atoms with Crippen LogP contribution in [0, 0.1) is 5.82 Å². The third kappa shape index (κ3) is 3.56. The van der Waals surface area contributed by atoms with Crippen LogP contribution in [0.1, 0.15) is 31.2 Å². The number of carbonyl (C=O) groups is 1. The Balaban J connectivity index is 1.45. The van der Waals surface area contributed by atoms with Gasteiger partial charge in [-0.25, -0.2) is 4.39 Å². The summed E-state index contributed by atoms with van der Waals surface area (Å²) in [6, 6.07) is 15.0. The van der Waals surface area contributed by atoms with Crippen LogP contribution < -0.4 is 5.32 Å². The van der Waals surface area contributed by atoms with Crippen LogP contribution in [0.3, 0.4) is 0 Å². The molecule has 2 aromatic heterocycles. The van der Waals surface area contributed by atoms with Crippen LogP contribution >= 0.6 is 11.8 Å². The van der Waals surface area contributed by atoms with Gasteiger partial charge in [-0.3, -0.25) is 9.20 Å². The molecule has 0 radical (unpaired) electrons. The monoisotopic (exact) mass is 423 g/mol. The van der Waals surface area contributed by atoms with Crippen LogP contribution in [0.4, 0.5) is 4.39 Å². The van der Waals surface area contributed by atoms with Gasteiger partial charge in [0.1, 0.15) is 5.82 Å². The van der Waals surface area contributed by atoms with E-state index in [0.717, 1.165) is 23.9 Å². The van der Waals surface area contributed by atoms with E-state index < -0.39 is 0 Å². The molecular weight excluding hydrogens is 401 g/mol. The number of para-hydroxylation sites is 2. The number of imidazole rings is 1. The van der Waals surface area contributed by atoms with E-state index in [9.17, 15) is 9.18 Å². The van der Waals surface area contributed by atoms with Crippen LogP contribution in [0.2, 0.25) is 0 Å². The third-order valence-electron chi connectivity index (χ3n) is 5.61. The van der Waals surface area contributed by atoms with Gasteiger partial charge in [-0.15, -0.1) is 10.2 Å². The fourth-order valence-electron chi connectivity index (χ4n) is 4.15. The summed E-state index contributed by atoms with van der Waals surface area (Å²) in [5, 5.41) is 12.4. The fourth-order valence-corrected chi connectivity index (χ4v) is 4.90. The molecule has 1 N–H and O–H groups in total. The third-order valence-corrected chi connectivity index (χ3v) is 6.54. The molecule has 1 aliphatic rings. The molecule has 2 heterocycles. The highest BCUT2D eigenvalue weighted by Gasteiger charge is 2.20. The molecular formula is C22H22FN5OS. The molecule has 0 aliphatic heterocycles. The minimum Gasteiger partial charge on any atom is -0.353 e. The minimum absolute atomic E-state index is 0.0266. The summed E-state index contributed by atoms with van der Waals surface area (Å²) < 4.78 is 18.2. The smallest absolute Gasteiger partial charge is 0.237 e. The molecule has 2 aromatic carbocycles. The highest BCUT2D eigenvalue weighted by Crippen LogP contribution is 2.27. The van der Waals surface area contributed by atoms with Crippen LogP contribution in [0.25, 0.3) is 16.8 Å². The van der Waals surface area contributed by atoms with E-state index in [0.29, 0.717) is 34.8 Å². The van der Waals surface area contributed by atoms with E-state index >= 15 is 0 Å². The van der Waals surface area contributed by atoms with Gasteiger partial charge in [-0.05, 0) is 31.0 Å². The average molecular weight is 424 g/mol. The summed E-state index contributed by atoms with van der Waals surface area (Å²) >= 11 is 1.38. The molecule has 154 valence electrons. The molecule has 1 fully saturated rings. The van der Waals surface area contributed by atoms with E-state index in [1.165, 1.54) is 30.7 Å². The summed E-state index contributed by atoms with van der Waals surface area (Å²) in [5.74, 6) is 0.715. The first-order valence-corrected chi connectivity index (χ1v) is 11.2. The lowest BCUT2D eigenvalue weighted by Gasteiger charge is -2.10. The number of thioether (sulfide) groups is 1. The molecule has 0 bridgehead atoms. The second kappa shape index (κ2) is 8.10. The summed E-state index contributed by atoms with van der Waals surface area (Å²) in [5.41, 5.74) is 2.48. The molecule has 0 saturated heterocycles. The number of nitrogens with zero attached hydrogens (tertiary/aromatic N) is 4. The van der Waals surface area contributed by atoms with Gasteiger partial charge in [0.15, 0.2) is 5.16 Å². The molecule has 1 aliphatic carbocycles. The van der Waals surface area contributed by atoms with Gasteiger partial charge in [0.25, 0.3) is 0 Å². The first kappa shape index (κ1) is 19.1. The quantitative estimate of drug-likeness (QED) is 0.476. The number of nitrogens with one attached hydrogen (secondary N) is 1. The Morgan fingerprint density at radius 2 is 1.80 bits per heavy atom. The first-order chi connectivity index (χ1) is 14.7. The van der Waals surface area contributed by atoms with Crippen molar-refractivity contribution in [2.75, 3.05) is 5.75 Å². The zero-order chi connectivity index (χ0) is 20.5. The van der Waals surface area contributed by atoms with Crippen molar-refractivity contribution in [3.05, 3.63) is 59.9 Å². The van der Waals surface area contributed by atoms with Crippen molar-refractivity contribution in [2.24, 2.45) is 0 Å². The summed E-state index contributed by atoms with van der Waals surface area (Å²) in [7, 11) is 0. The largest absolute Gasteiger partial charge is 0.353 e. The average Bonchev–Trinajstić information content (AvgIpc) is 3.47.